The lowest BCUT2D eigenvalue weighted by atomic mass is 10.2. The van der Waals surface area contributed by atoms with Crippen molar-refractivity contribution < 1.29 is 27.8 Å². The van der Waals surface area contributed by atoms with Crippen LogP contribution in [0.5, 0.6) is 5.75 Å². The largest absolute Gasteiger partial charge is 0.489 e. The van der Waals surface area contributed by atoms with E-state index in [1.54, 1.807) is 13.8 Å². The summed E-state index contributed by atoms with van der Waals surface area (Å²) < 4.78 is 42.9. The van der Waals surface area contributed by atoms with Gasteiger partial charge in [-0.15, -0.1) is 0 Å². The molecule has 164 valence electrons. The van der Waals surface area contributed by atoms with Crippen molar-refractivity contribution in [2.45, 2.75) is 32.7 Å². The Morgan fingerprint density at radius 3 is 2.68 bits per heavy atom. The average Bonchev–Trinajstić information content (AvgIpc) is 3.27. The lowest BCUT2D eigenvalue weighted by molar-refractivity contribution is -0.0497. The molecule has 31 heavy (non-hydrogen) atoms. The average molecular weight is 433 g/mol. The van der Waals surface area contributed by atoms with Crippen LogP contribution < -0.4 is 15.0 Å². The van der Waals surface area contributed by atoms with E-state index in [4.69, 9.17) is 14.2 Å². The van der Waals surface area contributed by atoms with Crippen LogP contribution in [0.3, 0.4) is 0 Å². The Morgan fingerprint density at radius 1 is 1.35 bits per heavy atom. The molecule has 1 N–H and O–H groups in total. The summed E-state index contributed by atoms with van der Waals surface area (Å²) in [5.74, 6) is 0.546. The summed E-state index contributed by atoms with van der Waals surface area (Å²) in [6, 6.07) is 5.28. The number of carbonyl (C=O) groups is 1. The van der Waals surface area contributed by atoms with E-state index in [9.17, 15) is 18.8 Å². The number of alkyl halides is 2. The number of pyridine rings is 2. The van der Waals surface area contributed by atoms with E-state index in [2.05, 4.69) is 15.3 Å². The molecular formula is C20H21F2N5O4. The van der Waals surface area contributed by atoms with Gasteiger partial charge in [-0.3, -0.25) is 10.2 Å². The Morgan fingerprint density at radius 2 is 2.06 bits per heavy atom. The zero-order valence-electron chi connectivity index (χ0n) is 17.1. The molecule has 2 aromatic rings. The van der Waals surface area contributed by atoms with Crippen LogP contribution in [-0.2, 0) is 9.47 Å². The molecule has 9 nitrogen and oxygen atoms in total. The number of hydrogen-bond donors (Lipinski definition) is 1. The summed E-state index contributed by atoms with van der Waals surface area (Å²) in [5.41, 5.74) is -0.173. The van der Waals surface area contributed by atoms with Crippen molar-refractivity contribution in [2.24, 2.45) is 0 Å². The number of halogens is 2. The summed E-state index contributed by atoms with van der Waals surface area (Å²) in [7, 11) is 1.43. The molecule has 0 radical (unpaired) electrons. The Labute approximate surface area is 177 Å². The summed E-state index contributed by atoms with van der Waals surface area (Å²) in [4.78, 5) is 22.0. The fourth-order valence-electron chi connectivity index (χ4n) is 2.79. The van der Waals surface area contributed by atoms with Gasteiger partial charge in [0.05, 0.1) is 25.5 Å². The normalized spacial score (nSPS) is 14.0. The molecule has 0 atom stereocenters. The summed E-state index contributed by atoms with van der Waals surface area (Å²) in [6.07, 6.45) is -2.69. The second-order valence-corrected chi connectivity index (χ2v) is 6.85. The number of urea groups is 1. The molecule has 11 heteroatoms. The van der Waals surface area contributed by atoms with Crippen LogP contribution in [0.1, 0.15) is 43.4 Å². The Hall–Kier alpha value is -3.36. The second-order valence-electron chi connectivity index (χ2n) is 6.85. The van der Waals surface area contributed by atoms with Crippen molar-refractivity contribution in [3.05, 3.63) is 41.2 Å². The smallest absolute Gasteiger partial charge is 0.328 e. The number of hydrogen-bond acceptors (Lipinski definition) is 7. The van der Waals surface area contributed by atoms with Crippen LogP contribution in [0, 0.1) is 11.3 Å². The van der Waals surface area contributed by atoms with Crippen LogP contribution in [0.4, 0.5) is 25.2 Å². The topological polar surface area (TPSA) is 110 Å². The molecule has 0 bridgehead atoms. The van der Waals surface area contributed by atoms with E-state index < -0.39 is 18.7 Å². The molecule has 1 fully saturated rings. The summed E-state index contributed by atoms with van der Waals surface area (Å²) >= 11 is 0. The van der Waals surface area contributed by atoms with E-state index in [1.165, 1.54) is 31.4 Å². The van der Waals surface area contributed by atoms with Crippen molar-refractivity contribution in [1.29, 1.82) is 5.26 Å². The molecule has 2 amide bonds. The number of nitrogens with zero attached hydrogens (tertiary/aromatic N) is 4. The molecule has 2 aromatic heterocycles. The summed E-state index contributed by atoms with van der Waals surface area (Å²) in [5, 5.41) is 11.7. The van der Waals surface area contributed by atoms with Gasteiger partial charge in [-0.05, 0) is 26.0 Å². The molecule has 1 aliphatic rings. The fraction of sp³-hybridized carbons (Fsp3) is 0.400. The van der Waals surface area contributed by atoms with Crippen molar-refractivity contribution in [2.75, 3.05) is 30.5 Å². The minimum absolute atomic E-state index is 0.0752. The maximum absolute atomic E-state index is 13.4. The van der Waals surface area contributed by atoms with Crippen LogP contribution in [0.25, 0.3) is 0 Å². The van der Waals surface area contributed by atoms with Gasteiger partial charge < -0.3 is 14.2 Å². The van der Waals surface area contributed by atoms with Gasteiger partial charge >= 0.3 is 6.03 Å². The zero-order valence-corrected chi connectivity index (χ0v) is 17.1. The molecular weight excluding hydrogens is 412 g/mol. The second kappa shape index (κ2) is 9.63. The van der Waals surface area contributed by atoms with Gasteiger partial charge in [0, 0.05) is 18.7 Å². The van der Waals surface area contributed by atoms with Gasteiger partial charge in [-0.2, -0.15) is 5.26 Å². The minimum Gasteiger partial charge on any atom is -0.489 e. The predicted molar refractivity (Wildman–Crippen MR) is 106 cm³/mol. The third kappa shape index (κ3) is 5.22. The number of amides is 2. The Bertz CT molecular complexity index is 990. The van der Waals surface area contributed by atoms with Gasteiger partial charge in [0.15, 0.2) is 0 Å². The Kier molecular flexibility index (Phi) is 6.94. The predicted octanol–water partition coefficient (Wildman–Crippen LogP) is 3.79. The number of anilines is 2. The highest BCUT2D eigenvalue weighted by atomic mass is 19.3. The van der Waals surface area contributed by atoms with Crippen molar-refractivity contribution in [3.8, 4) is 11.8 Å². The molecule has 3 heterocycles. The molecule has 0 aliphatic carbocycles. The van der Waals surface area contributed by atoms with Gasteiger partial charge in [-0.25, -0.2) is 23.5 Å². The molecule has 0 aromatic carbocycles. The molecule has 1 aliphatic heterocycles. The first-order valence-electron chi connectivity index (χ1n) is 9.43. The van der Waals surface area contributed by atoms with Crippen LogP contribution in [0.2, 0.25) is 0 Å². The van der Waals surface area contributed by atoms with Gasteiger partial charge in [0.2, 0.25) is 6.29 Å². The Balaban J connectivity index is 1.81. The number of nitrogens with one attached hydrogen (secondary N) is 1. The summed E-state index contributed by atoms with van der Waals surface area (Å²) in [6.45, 7) is 4.14. The highest BCUT2D eigenvalue weighted by Gasteiger charge is 2.28. The van der Waals surface area contributed by atoms with Gasteiger partial charge in [0.25, 0.3) is 6.43 Å². The fourth-order valence-corrected chi connectivity index (χ4v) is 2.79. The van der Waals surface area contributed by atoms with Gasteiger partial charge in [0.1, 0.15) is 34.7 Å². The highest BCUT2D eigenvalue weighted by Crippen LogP contribution is 2.32. The number of aromatic nitrogens is 2. The molecule has 3 rings (SSSR count). The third-order valence-corrected chi connectivity index (χ3v) is 4.26. The number of ether oxygens (including phenoxy) is 3. The number of rotatable bonds is 6. The van der Waals surface area contributed by atoms with Crippen molar-refractivity contribution >= 4 is 17.7 Å². The quantitative estimate of drug-likeness (QED) is 0.738. The highest BCUT2D eigenvalue weighted by molar-refractivity contribution is 6.00. The van der Waals surface area contributed by atoms with E-state index >= 15 is 0 Å². The van der Waals surface area contributed by atoms with Gasteiger partial charge in [-0.1, -0.05) is 0 Å². The number of nitriles is 1. The van der Waals surface area contributed by atoms with E-state index in [-0.39, 0.29) is 53.5 Å². The molecule has 0 unspecified atom stereocenters. The zero-order chi connectivity index (χ0) is 22.5. The molecule has 1 saturated heterocycles. The van der Waals surface area contributed by atoms with Crippen LogP contribution >= 0.6 is 0 Å². The first-order valence-corrected chi connectivity index (χ1v) is 9.43. The standard InChI is InChI=1S/C20H21F2N5O4/c1-11(2)31-14-8-15(24-10-12(14)9-23)25-20(28)27(3)16-5-4-13(18(21)22)17(26-16)19-29-6-7-30-19/h4-5,8,10-11,18-19H,6-7H2,1-3H3,(H,24,25,28). The third-order valence-electron chi connectivity index (χ3n) is 4.26. The number of carbonyl (C=O) groups excluding carboxylic acids is 1. The molecule has 0 spiro atoms. The first kappa shape index (κ1) is 22.3. The van der Waals surface area contributed by atoms with Crippen molar-refractivity contribution in [1.82, 2.24) is 9.97 Å². The molecule has 0 saturated carbocycles. The van der Waals surface area contributed by atoms with E-state index in [1.807, 2.05) is 6.07 Å². The lowest BCUT2D eigenvalue weighted by Crippen LogP contribution is -2.32. The monoisotopic (exact) mass is 433 g/mol. The van der Waals surface area contributed by atoms with Crippen LogP contribution in [0.15, 0.2) is 24.4 Å². The van der Waals surface area contributed by atoms with Crippen LogP contribution in [-0.4, -0.2) is 42.4 Å². The lowest BCUT2D eigenvalue weighted by Gasteiger charge is -2.20. The van der Waals surface area contributed by atoms with E-state index in [0.717, 1.165) is 4.90 Å². The maximum Gasteiger partial charge on any atom is 0.328 e. The van der Waals surface area contributed by atoms with Crippen molar-refractivity contribution in [3.63, 3.8) is 0 Å². The first-order chi connectivity index (χ1) is 14.8. The minimum atomic E-state index is -2.77. The maximum atomic E-state index is 13.4. The van der Waals surface area contributed by atoms with E-state index in [0.29, 0.717) is 0 Å². The SMILES string of the molecule is CC(C)Oc1cc(NC(=O)N(C)c2ccc(C(F)F)c(C3OCCO3)n2)ncc1C#N.